The minimum absolute atomic E-state index is 0.316. The van der Waals surface area contributed by atoms with Crippen LogP contribution >= 0.6 is 39.7 Å². The lowest BCUT2D eigenvalue weighted by Crippen LogP contribution is -2.11. The smallest absolute Gasteiger partial charge is 0.106 e. The number of nitrogens with two attached hydrogens (primary N) is 1. The molecule has 0 aliphatic carbocycles. The Bertz CT molecular complexity index is 643. The first-order valence-electron chi connectivity index (χ1n) is 5.60. The van der Waals surface area contributed by atoms with Gasteiger partial charge >= 0.3 is 0 Å². The molecule has 0 fully saturated rings. The Morgan fingerprint density at radius 2 is 2.00 bits per heavy atom. The highest BCUT2D eigenvalue weighted by atomic mass is 79.9. The summed E-state index contributed by atoms with van der Waals surface area (Å²) < 4.78 is 1.04. The molecule has 2 aromatic carbocycles. The number of anilines is 2. The normalized spacial score (nSPS) is 10.3. The first-order valence-corrected chi connectivity index (χ1v) is 7.18. The van der Waals surface area contributed by atoms with E-state index in [1.807, 2.05) is 31.2 Å². The molecule has 5 heteroatoms. The van der Waals surface area contributed by atoms with Crippen molar-refractivity contribution in [2.24, 2.45) is 5.73 Å². The molecule has 0 bridgehead atoms. The molecule has 0 unspecified atom stereocenters. The fraction of sp³-hybridized carbons (Fsp3) is 0.0714. The van der Waals surface area contributed by atoms with E-state index in [-0.39, 0.29) is 0 Å². The standard InChI is InChI=1S/C14H12BrClN2S/c1-8-2-4-10(7-12(8)15)18-13-5-3-9(16)6-11(13)14(17)19/h2-7,18H,1H3,(H2,17,19). The van der Waals surface area contributed by atoms with Gasteiger partial charge in [-0.3, -0.25) is 0 Å². The number of aryl methyl sites for hydroxylation is 1. The SMILES string of the molecule is Cc1ccc(Nc2ccc(Cl)cc2C(N)=S)cc1Br. The Morgan fingerprint density at radius 1 is 1.26 bits per heavy atom. The highest BCUT2D eigenvalue weighted by Crippen LogP contribution is 2.27. The van der Waals surface area contributed by atoms with Gasteiger partial charge in [-0.15, -0.1) is 0 Å². The molecule has 98 valence electrons. The van der Waals surface area contributed by atoms with Gasteiger partial charge < -0.3 is 11.1 Å². The molecule has 0 saturated carbocycles. The van der Waals surface area contributed by atoms with Crippen molar-refractivity contribution in [1.29, 1.82) is 0 Å². The van der Waals surface area contributed by atoms with Crippen LogP contribution < -0.4 is 11.1 Å². The fourth-order valence-electron chi connectivity index (χ4n) is 1.66. The van der Waals surface area contributed by atoms with Crippen LogP contribution in [-0.2, 0) is 0 Å². The van der Waals surface area contributed by atoms with Crippen molar-refractivity contribution in [2.75, 3.05) is 5.32 Å². The van der Waals surface area contributed by atoms with Crippen LogP contribution in [0.3, 0.4) is 0 Å². The number of halogens is 2. The molecule has 0 atom stereocenters. The van der Waals surface area contributed by atoms with Gasteiger partial charge in [0.2, 0.25) is 0 Å². The lowest BCUT2D eigenvalue weighted by molar-refractivity contribution is 1.41. The lowest BCUT2D eigenvalue weighted by Gasteiger charge is -2.12. The van der Waals surface area contributed by atoms with E-state index in [1.54, 1.807) is 12.1 Å². The molecular formula is C14H12BrClN2S. The predicted molar refractivity (Wildman–Crippen MR) is 89.5 cm³/mol. The highest BCUT2D eigenvalue weighted by molar-refractivity contribution is 9.10. The Morgan fingerprint density at radius 3 is 2.63 bits per heavy atom. The summed E-state index contributed by atoms with van der Waals surface area (Å²) >= 11 is 14.5. The third-order valence-electron chi connectivity index (χ3n) is 2.70. The summed E-state index contributed by atoms with van der Waals surface area (Å²) in [5.41, 5.74) is 9.42. The fourth-order valence-corrected chi connectivity index (χ4v) is 2.38. The van der Waals surface area contributed by atoms with Crippen molar-refractivity contribution < 1.29 is 0 Å². The summed E-state index contributed by atoms with van der Waals surface area (Å²) in [7, 11) is 0. The van der Waals surface area contributed by atoms with Gasteiger partial charge in [-0.05, 0) is 42.8 Å². The van der Waals surface area contributed by atoms with Gasteiger partial charge in [0.25, 0.3) is 0 Å². The average Bonchev–Trinajstić information content (AvgIpc) is 2.36. The molecule has 0 spiro atoms. The van der Waals surface area contributed by atoms with E-state index in [4.69, 9.17) is 29.6 Å². The lowest BCUT2D eigenvalue weighted by atomic mass is 10.1. The van der Waals surface area contributed by atoms with E-state index < -0.39 is 0 Å². The maximum Gasteiger partial charge on any atom is 0.106 e. The van der Waals surface area contributed by atoms with Gasteiger partial charge in [0.05, 0.1) is 0 Å². The summed E-state index contributed by atoms with van der Waals surface area (Å²) in [5.74, 6) is 0. The molecule has 0 saturated heterocycles. The first-order chi connectivity index (χ1) is 8.97. The molecule has 0 radical (unpaired) electrons. The number of hydrogen-bond acceptors (Lipinski definition) is 2. The molecule has 0 aliphatic rings. The molecule has 2 rings (SSSR count). The van der Waals surface area contributed by atoms with E-state index >= 15 is 0 Å². The zero-order chi connectivity index (χ0) is 14.0. The van der Waals surface area contributed by atoms with Crippen molar-refractivity contribution in [3.05, 3.63) is 57.0 Å². The highest BCUT2D eigenvalue weighted by Gasteiger charge is 2.07. The van der Waals surface area contributed by atoms with Crippen LogP contribution in [0.4, 0.5) is 11.4 Å². The molecule has 0 aromatic heterocycles. The Kier molecular flexibility index (Phi) is 4.45. The van der Waals surface area contributed by atoms with Crippen LogP contribution in [0.15, 0.2) is 40.9 Å². The zero-order valence-electron chi connectivity index (χ0n) is 10.2. The minimum atomic E-state index is 0.316. The largest absolute Gasteiger partial charge is 0.389 e. The summed E-state index contributed by atoms with van der Waals surface area (Å²) in [4.78, 5) is 0.316. The molecule has 19 heavy (non-hydrogen) atoms. The van der Waals surface area contributed by atoms with Crippen LogP contribution in [0.1, 0.15) is 11.1 Å². The molecule has 2 nitrogen and oxygen atoms in total. The maximum absolute atomic E-state index is 5.96. The van der Waals surface area contributed by atoms with Crippen molar-refractivity contribution in [3.63, 3.8) is 0 Å². The summed E-state index contributed by atoms with van der Waals surface area (Å²) in [6.45, 7) is 2.04. The van der Waals surface area contributed by atoms with Crippen LogP contribution in [-0.4, -0.2) is 4.99 Å². The number of thiocarbonyl (C=S) groups is 1. The Hall–Kier alpha value is -1.10. The topological polar surface area (TPSA) is 38.0 Å². The van der Waals surface area contributed by atoms with Crippen LogP contribution in [0.2, 0.25) is 5.02 Å². The quantitative estimate of drug-likeness (QED) is 0.778. The first kappa shape index (κ1) is 14.3. The van der Waals surface area contributed by atoms with E-state index in [0.717, 1.165) is 21.4 Å². The summed E-state index contributed by atoms with van der Waals surface area (Å²) in [6, 6.07) is 11.5. The molecule has 0 heterocycles. The number of rotatable bonds is 3. The molecule has 2 aromatic rings. The maximum atomic E-state index is 5.96. The van der Waals surface area contributed by atoms with Gasteiger partial charge in [0.15, 0.2) is 0 Å². The molecule has 3 N–H and O–H groups in total. The number of benzene rings is 2. The second-order valence-electron chi connectivity index (χ2n) is 4.14. The van der Waals surface area contributed by atoms with Crippen molar-refractivity contribution in [2.45, 2.75) is 6.92 Å². The summed E-state index contributed by atoms with van der Waals surface area (Å²) in [6.07, 6.45) is 0. The number of hydrogen-bond donors (Lipinski definition) is 2. The van der Waals surface area contributed by atoms with Gasteiger partial charge in [0, 0.05) is 26.4 Å². The van der Waals surface area contributed by atoms with Gasteiger partial charge in [-0.25, -0.2) is 0 Å². The predicted octanol–water partition coefficient (Wildman–Crippen LogP) is 4.79. The summed E-state index contributed by atoms with van der Waals surface area (Å²) in [5, 5.41) is 3.90. The van der Waals surface area contributed by atoms with E-state index in [0.29, 0.717) is 10.0 Å². The van der Waals surface area contributed by atoms with E-state index in [2.05, 4.69) is 21.2 Å². The van der Waals surface area contributed by atoms with Gasteiger partial charge in [0.1, 0.15) is 4.99 Å². The van der Waals surface area contributed by atoms with Crippen molar-refractivity contribution >= 4 is 56.1 Å². The van der Waals surface area contributed by atoms with Crippen molar-refractivity contribution in [3.8, 4) is 0 Å². The average molecular weight is 356 g/mol. The second-order valence-corrected chi connectivity index (χ2v) is 5.87. The monoisotopic (exact) mass is 354 g/mol. The van der Waals surface area contributed by atoms with E-state index in [9.17, 15) is 0 Å². The Balaban J connectivity index is 2.37. The third kappa shape index (κ3) is 3.47. The van der Waals surface area contributed by atoms with Gasteiger partial charge in [-0.2, -0.15) is 0 Å². The van der Waals surface area contributed by atoms with Crippen LogP contribution in [0, 0.1) is 6.92 Å². The zero-order valence-corrected chi connectivity index (χ0v) is 13.4. The van der Waals surface area contributed by atoms with Crippen LogP contribution in [0.5, 0.6) is 0 Å². The minimum Gasteiger partial charge on any atom is -0.389 e. The van der Waals surface area contributed by atoms with E-state index in [1.165, 1.54) is 5.56 Å². The van der Waals surface area contributed by atoms with Gasteiger partial charge in [-0.1, -0.05) is 45.8 Å². The van der Waals surface area contributed by atoms with Crippen LogP contribution in [0.25, 0.3) is 0 Å². The second kappa shape index (κ2) is 5.90. The number of nitrogens with one attached hydrogen (secondary N) is 1. The molecular weight excluding hydrogens is 344 g/mol. The third-order valence-corrected chi connectivity index (χ3v) is 4.01. The van der Waals surface area contributed by atoms with Crippen molar-refractivity contribution in [1.82, 2.24) is 0 Å². The Labute approximate surface area is 131 Å². The molecule has 0 amide bonds. The molecule has 0 aliphatic heterocycles.